The average molecular weight is 257 g/mol. The summed E-state index contributed by atoms with van der Waals surface area (Å²) < 4.78 is 26.4. The van der Waals surface area contributed by atoms with E-state index in [4.69, 9.17) is 0 Å². The summed E-state index contributed by atoms with van der Waals surface area (Å²) in [7, 11) is -1.73. The van der Waals surface area contributed by atoms with Crippen LogP contribution >= 0.6 is 0 Å². The summed E-state index contributed by atoms with van der Waals surface area (Å²) in [5, 5.41) is 2.84. The molecule has 0 aliphatic heterocycles. The van der Waals surface area contributed by atoms with Crippen LogP contribution in [-0.4, -0.2) is 27.0 Å². The van der Waals surface area contributed by atoms with Crippen LogP contribution in [0.15, 0.2) is 23.2 Å². The maximum Gasteiger partial charge on any atom is 0.242 e. The van der Waals surface area contributed by atoms with E-state index in [0.717, 1.165) is 0 Å². The molecule has 0 unspecified atom stereocenters. The van der Waals surface area contributed by atoms with Crippen molar-refractivity contribution in [3.8, 4) is 0 Å². The van der Waals surface area contributed by atoms with Gasteiger partial charge in [-0.05, 0) is 17.5 Å². The third-order valence-electron chi connectivity index (χ3n) is 2.10. The molecule has 0 saturated carbocycles. The van der Waals surface area contributed by atoms with E-state index >= 15 is 0 Å². The van der Waals surface area contributed by atoms with Crippen LogP contribution in [0.4, 0.5) is 5.82 Å². The highest BCUT2D eigenvalue weighted by Gasteiger charge is 2.18. The predicted octanol–water partition coefficient (Wildman–Crippen LogP) is 1.45. The highest BCUT2D eigenvalue weighted by atomic mass is 32.2. The summed E-state index contributed by atoms with van der Waals surface area (Å²) in [5.74, 6) is 0.639. The molecule has 1 aromatic heterocycles. The molecule has 1 aromatic rings. The summed E-state index contributed by atoms with van der Waals surface area (Å²) >= 11 is 0. The van der Waals surface area contributed by atoms with Crippen molar-refractivity contribution in [2.45, 2.75) is 25.7 Å². The fourth-order valence-corrected chi connectivity index (χ4v) is 2.31. The molecule has 2 N–H and O–H groups in total. The lowest BCUT2D eigenvalue weighted by atomic mass is 9.98. The molecule has 0 aliphatic rings. The first-order valence-electron chi connectivity index (χ1n) is 5.38. The van der Waals surface area contributed by atoms with Crippen LogP contribution in [-0.2, 0) is 10.0 Å². The average Bonchev–Trinajstić information content (AvgIpc) is 2.26. The Bertz CT molecular complexity index is 460. The number of sulfonamides is 1. The molecule has 1 heterocycles. The number of aromatic nitrogens is 1. The number of nitrogens with one attached hydrogen (secondary N) is 2. The minimum Gasteiger partial charge on any atom is -0.373 e. The third kappa shape index (κ3) is 4.32. The molecule has 0 bridgehead atoms. The summed E-state index contributed by atoms with van der Waals surface area (Å²) in [6.07, 6.45) is 1.34. The van der Waals surface area contributed by atoms with Crippen molar-refractivity contribution in [2.75, 3.05) is 18.9 Å². The highest BCUT2D eigenvalue weighted by molar-refractivity contribution is 7.89. The lowest BCUT2D eigenvalue weighted by molar-refractivity contribution is 0.407. The Morgan fingerprint density at radius 3 is 2.35 bits per heavy atom. The van der Waals surface area contributed by atoms with Gasteiger partial charge in [-0.15, -0.1) is 0 Å². The molecule has 0 amide bonds. The summed E-state index contributed by atoms with van der Waals surface area (Å²) in [6.45, 7) is 6.30. The van der Waals surface area contributed by atoms with Crippen molar-refractivity contribution in [1.29, 1.82) is 0 Å². The minimum absolute atomic E-state index is 0.0919. The van der Waals surface area contributed by atoms with Gasteiger partial charge in [0.05, 0.1) is 0 Å². The largest absolute Gasteiger partial charge is 0.373 e. The second kappa shape index (κ2) is 5.01. The number of pyridine rings is 1. The first-order chi connectivity index (χ1) is 7.74. The highest BCUT2D eigenvalue weighted by Crippen LogP contribution is 2.14. The number of anilines is 1. The van der Waals surface area contributed by atoms with Crippen LogP contribution in [0.25, 0.3) is 0 Å². The van der Waals surface area contributed by atoms with E-state index in [0.29, 0.717) is 12.4 Å². The van der Waals surface area contributed by atoms with Crippen molar-refractivity contribution in [1.82, 2.24) is 9.71 Å². The van der Waals surface area contributed by atoms with Crippen molar-refractivity contribution in [2.24, 2.45) is 5.41 Å². The smallest absolute Gasteiger partial charge is 0.242 e. The lowest BCUT2D eigenvalue weighted by Crippen LogP contribution is -2.32. The standard InChI is InChI=1S/C11H19N3O2S/c1-11(2,3)8-14-17(15,16)9-5-6-10(12-4)13-7-9/h5-7,14H,8H2,1-4H3,(H,12,13). The van der Waals surface area contributed by atoms with Gasteiger partial charge in [-0.1, -0.05) is 20.8 Å². The Hall–Kier alpha value is -1.14. The van der Waals surface area contributed by atoms with Gasteiger partial charge in [0.1, 0.15) is 10.7 Å². The molecule has 5 nitrogen and oxygen atoms in total. The van der Waals surface area contributed by atoms with E-state index in [1.54, 1.807) is 13.1 Å². The monoisotopic (exact) mass is 257 g/mol. The molecule has 0 fully saturated rings. The van der Waals surface area contributed by atoms with Gasteiger partial charge in [-0.2, -0.15) is 0 Å². The van der Waals surface area contributed by atoms with Gasteiger partial charge in [-0.3, -0.25) is 0 Å². The molecule has 1 rings (SSSR count). The maximum absolute atomic E-state index is 11.9. The van der Waals surface area contributed by atoms with Crippen molar-refractivity contribution < 1.29 is 8.42 Å². The van der Waals surface area contributed by atoms with E-state index in [1.165, 1.54) is 12.3 Å². The zero-order chi connectivity index (χ0) is 13.1. The van der Waals surface area contributed by atoms with Crippen LogP contribution < -0.4 is 10.0 Å². The van der Waals surface area contributed by atoms with Crippen LogP contribution in [0.1, 0.15) is 20.8 Å². The minimum atomic E-state index is -3.46. The van der Waals surface area contributed by atoms with Crippen LogP contribution in [0.5, 0.6) is 0 Å². The van der Waals surface area contributed by atoms with Crippen LogP contribution in [0.2, 0.25) is 0 Å². The van der Waals surface area contributed by atoms with Crippen molar-refractivity contribution >= 4 is 15.8 Å². The van der Waals surface area contributed by atoms with Gasteiger partial charge in [0.2, 0.25) is 10.0 Å². The molecule has 0 saturated heterocycles. The van der Waals surface area contributed by atoms with Gasteiger partial charge in [0.25, 0.3) is 0 Å². The SMILES string of the molecule is CNc1ccc(S(=O)(=O)NCC(C)(C)C)cn1. The molecule has 17 heavy (non-hydrogen) atoms. The number of rotatable bonds is 4. The Morgan fingerprint density at radius 2 is 1.94 bits per heavy atom. The van der Waals surface area contributed by atoms with Crippen LogP contribution in [0.3, 0.4) is 0 Å². The second-order valence-corrected chi connectivity index (χ2v) is 6.78. The maximum atomic E-state index is 11.9. The first kappa shape index (κ1) is 13.9. The lowest BCUT2D eigenvalue weighted by Gasteiger charge is -2.18. The van der Waals surface area contributed by atoms with E-state index in [2.05, 4.69) is 15.0 Å². The molecule has 96 valence electrons. The van der Waals surface area contributed by atoms with Crippen molar-refractivity contribution in [3.05, 3.63) is 18.3 Å². The molecule has 6 heteroatoms. The molecular formula is C11H19N3O2S. The summed E-state index contributed by atoms with van der Waals surface area (Å²) in [5.41, 5.74) is -0.0919. The number of nitrogens with zero attached hydrogens (tertiary/aromatic N) is 1. The van der Waals surface area contributed by atoms with E-state index in [9.17, 15) is 8.42 Å². The van der Waals surface area contributed by atoms with Gasteiger partial charge >= 0.3 is 0 Å². The van der Waals surface area contributed by atoms with Gasteiger partial charge in [-0.25, -0.2) is 18.1 Å². The predicted molar refractivity (Wildman–Crippen MR) is 68.4 cm³/mol. The van der Waals surface area contributed by atoms with Crippen molar-refractivity contribution in [3.63, 3.8) is 0 Å². The van der Waals surface area contributed by atoms with E-state index in [-0.39, 0.29) is 10.3 Å². The molecular weight excluding hydrogens is 238 g/mol. The Balaban J connectivity index is 2.82. The topological polar surface area (TPSA) is 71.1 Å². The third-order valence-corrected chi connectivity index (χ3v) is 3.48. The molecule has 0 radical (unpaired) electrons. The zero-order valence-electron chi connectivity index (χ0n) is 10.6. The zero-order valence-corrected chi connectivity index (χ0v) is 11.4. The second-order valence-electron chi connectivity index (χ2n) is 5.01. The van der Waals surface area contributed by atoms with Crippen LogP contribution in [0, 0.1) is 5.41 Å². The Morgan fingerprint density at radius 1 is 1.29 bits per heavy atom. The van der Waals surface area contributed by atoms with Gasteiger partial charge in [0.15, 0.2) is 0 Å². The molecule has 0 aliphatic carbocycles. The normalized spacial score (nSPS) is 12.5. The number of hydrogen-bond acceptors (Lipinski definition) is 4. The van der Waals surface area contributed by atoms with Gasteiger partial charge in [0, 0.05) is 19.8 Å². The Labute approximate surface area is 103 Å². The quantitative estimate of drug-likeness (QED) is 0.856. The molecule has 0 spiro atoms. The Kier molecular flexibility index (Phi) is 4.11. The summed E-state index contributed by atoms with van der Waals surface area (Å²) in [4.78, 5) is 4.16. The van der Waals surface area contributed by atoms with E-state index in [1.807, 2.05) is 20.8 Å². The molecule has 0 aromatic carbocycles. The fourth-order valence-electron chi connectivity index (χ4n) is 1.08. The number of hydrogen-bond donors (Lipinski definition) is 2. The fraction of sp³-hybridized carbons (Fsp3) is 0.545. The summed E-state index contributed by atoms with van der Waals surface area (Å²) in [6, 6.07) is 3.16. The first-order valence-corrected chi connectivity index (χ1v) is 6.86. The van der Waals surface area contributed by atoms with Gasteiger partial charge < -0.3 is 5.32 Å². The molecule has 0 atom stereocenters. The van der Waals surface area contributed by atoms with E-state index < -0.39 is 10.0 Å².